The third-order valence-electron chi connectivity index (χ3n) is 4.26. The Labute approximate surface area is 168 Å². The van der Waals surface area contributed by atoms with Crippen molar-refractivity contribution in [2.75, 3.05) is 19.8 Å². The van der Waals surface area contributed by atoms with Gasteiger partial charge in [0.15, 0.2) is 18.5 Å². The molecule has 2 aliphatic heterocycles. The number of esters is 3. The highest BCUT2D eigenvalue weighted by atomic mass is 16.7. The Balaban J connectivity index is 2.31. The Morgan fingerprint density at radius 1 is 1.00 bits per heavy atom. The van der Waals surface area contributed by atoms with E-state index in [0.29, 0.717) is 6.61 Å². The van der Waals surface area contributed by atoms with Crippen molar-refractivity contribution in [1.29, 1.82) is 0 Å². The first kappa shape index (κ1) is 23.0. The van der Waals surface area contributed by atoms with E-state index in [1.165, 1.54) is 27.7 Å². The van der Waals surface area contributed by atoms with Crippen LogP contribution in [0, 0.1) is 0 Å². The minimum atomic E-state index is -1.14. The van der Waals surface area contributed by atoms with Crippen molar-refractivity contribution in [1.82, 2.24) is 5.32 Å². The molecule has 164 valence electrons. The van der Waals surface area contributed by atoms with Crippen LogP contribution < -0.4 is 5.32 Å². The zero-order chi connectivity index (χ0) is 21.8. The second-order valence-electron chi connectivity index (χ2n) is 7.27. The Morgan fingerprint density at radius 2 is 1.59 bits per heavy atom. The van der Waals surface area contributed by atoms with Gasteiger partial charge in [0, 0.05) is 27.7 Å². The number of carbonyl (C=O) groups is 4. The van der Waals surface area contributed by atoms with Gasteiger partial charge >= 0.3 is 17.9 Å². The van der Waals surface area contributed by atoms with Gasteiger partial charge in [-0.3, -0.25) is 19.2 Å². The zero-order valence-electron chi connectivity index (χ0n) is 17.1. The predicted octanol–water partition coefficient (Wildman–Crippen LogP) is -0.552. The Bertz CT molecular complexity index is 647. The van der Waals surface area contributed by atoms with E-state index in [2.05, 4.69) is 5.32 Å². The maximum atomic E-state index is 11.8. The van der Waals surface area contributed by atoms with E-state index >= 15 is 0 Å². The van der Waals surface area contributed by atoms with Crippen LogP contribution in [-0.2, 0) is 47.6 Å². The van der Waals surface area contributed by atoms with E-state index in [9.17, 15) is 19.2 Å². The molecule has 1 N–H and O–H groups in total. The largest absolute Gasteiger partial charge is 0.463 e. The molecule has 1 amide bonds. The Hall–Kier alpha value is -2.24. The lowest BCUT2D eigenvalue weighted by Gasteiger charge is -2.45. The van der Waals surface area contributed by atoms with E-state index < -0.39 is 60.1 Å². The second kappa shape index (κ2) is 9.51. The van der Waals surface area contributed by atoms with Crippen molar-refractivity contribution < 1.29 is 47.6 Å². The molecule has 2 fully saturated rings. The van der Waals surface area contributed by atoms with Crippen LogP contribution in [0.5, 0.6) is 0 Å². The number of nitrogens with one attached hydrogen (secondary N) is 1. The first-order valence-corrected chi connectivity index (χ1v) is 9.16. The average Bonchev–Trinajstić information content (AvgIpc) is 3.32. The smallest absolute Gasteiger partial charge is 0.303 e. The highest BCUT2D eigenvalue weighted by molar-refractivity contribution is 5.73. The van der Waals surface area contributed by atoms with Gasteiger partial charge in [0.25, 0.3) is 0 Å². The van der Waals surface area contributed by atoms with Crippen LogP contribution in [0.2, 0.25) is 0 Å². The van der Waals surface area contributed by atoms with Crippen LogP contribution in [0.15, 0.2) is 0 Å². The quantitative estimate of drug-likeness (QED) is 0.311. The van der Waals surface area contributed by atoms with Crippen LogP contribution in [0.25, 0.3) is 0 Å². The fraction of sp³-hybridized carbons (Fsp3) is 0.778. The second-order valence-corrected chi connectivity index (χ2v) is 7.27. The summed E-state index contributed by atoms with van der Waals surface area (Å²) >= 11 is 0. The molecule has 2 aliphatic rings. The monoisotopic (exact) mass is 417 g/mol. The van der Waals surface area contributed by atoms with Gasteiger partial charge in [0.1, 0.15) is 24.4 Å². The van der Waals surface area contributed by atoms with Gasteiger partial charge in [0.2, 0.25) is 5.91 Å². The minimum Gasteiger partial charge on any atom is -0.463 e. The van der Waals surface area contributed by atoms with Crippen molar-refractivity contribution >= 4 is 23.8 Å². The predicted molar refractivity (Wildman–Crippen MR) is 94.3 cm³/mol. The molecule has 0 aromatic heterocycles. The molecule has 0 aliphatic carbocycles. The zero-order valence-corrected chi connectivity index (χ0v) is 17.1. The van der Waals surface area contributed by atoms with Gasteiger partial charge in [-0.05, 0) is 6.92 Å². The summed E-state index contributed by atoms with van der Waals surface area (Å²) in [6.07, 6.45) is -4.33. The summed E-state index contributed by atoms with van der Waals surface area (Å²) in [7, 11) is 0. The molecule has 6 atom stereocenters. The first-order chi connectivity index (χ1) is 13.5. The molecule has 0 unspecified atom stereocenters. The van der Waals surface area contributed by atoms with Crippen molar-refractivity contribution in [3.8, 4) is 0 Å². The molecule has 0 saturated carbocycles. The normalized spacial score (nSPS) is 33.3. The molecule has 11 heteroatoms. The molecule has 11 nitrogen and oxygen atoms in total. The van der Waals surface area contributed by atoms with Crippen LogP contribution >= 0.6 is 0 Å². The van der Waals surface area contributed by atoms with E-state index in [4.69, 9.17) is 28.4 Å². The molecular weight excluding hydrogens is 390 g/mol. The Kier molecular flexibility index (Phi) is 7.55. The maximum Gasteiger partial charge on any atom is 0.303 e. The van der Waals surface area contributed by atoms with Crippen molar-refractivity contribution in [2.45, 2.75) is 70.9 Å². The number of hydrogen-bond donors (Lipinski definition) is 1. The SMILES string of the molecule is CC(=O)N[C@H]1[C@H](OC[C@@]2(C)CO2)O[C@H](COC(C)=O)[C@@H](OC(C)=O)[C@@H]1OC(C)=O. The first-order valence-electron chi connectivity index (χ1n) is 9.16. The van der Waals surface area contributed by atoms with E-state index in [-0.39, 0.29) is 13.2 Å². The van der Waals surface area contributed by atoms with Crippen molar-refractivity contribution in [3.05, 3.63) is 0 Å². The number of hydrogen-bond acceptors (Lipinski definition) is 10. The highest BCUT2D eigenvalue weighted by Gasteiger charge is 2.52. The summed E-state index contributed by atoms with van der Waals surface area (Å²) in [4.78, 5) is 46.4. The summed E-state index contributed by atoms with van der Waals surface area (Å²) < 4.78 is 32.6. The third-order valence-corrected chi connectivity index (χ3v) is 4.26. The standard InChI is InChI=1S/C18H27NO10/c1-9(20)19-14-16(28-12(4)23)15(27-11(3)22)13(6-24-10(2)21)29-17(14)25-7-18(5)8-26-18/h13-17H,6-8H2,1-5H3,(H,19,20)/t13-,14-,15-,16-,17-,18+/m1/s1. The fourth-order valence-electron chi connectivity index (χ4n) is 2.90. The van der Waals surface area contributed by atoms with Crippen LogP contribution in [0.4, 0.5) is 0 Å². The van der Waals surface area contributed by atoms with Crippen LogP contribution in [-0.4, -0.2) is 79.9 Å². The van der Waals surface area contributed by atoms with Gasteiger partial charge in [-0.15, -0.1) is 0 Å². The van der Waals surface area contributed by atoms with Crippen LogP contribution in [0.3, 0.4) is 0 Å². The summed E-state index contributed by atoms with van der Waals surface area (Å²) in [5, 5.41) is 2.63. The molecule has 2 heterocycles. The van der Waals surface area contributed by atoms with Gasteiger partial charge in [-0.1, -0.05) is 0 Å². The average molecular weight is 417 g/mol. The van der Waals surface area contributed by atoms with E-state index in [1.54, 1.807) is 0 Å². The molecule has 0 spiro atoms. The van der Waals surface area contributed by atoms with Gasteiger partial charge in [-0.2, -0.15) is 0 Å². The number of epoxide rings is 1. The van der Waals surface area contributed by atoms with Gasteiger partial charge < -0.3 is 33.7 Å². The number of rotatable bonds is 8. The highest BCUT2D eigenvalue weighted by Crippen LogP contribution is 2.31. The lowest BCUT2D eigenvalue weighted by atomic mass is 9.96. The third kappa shape index (κ3) is 6.94. The Morgan fingerprint density at radius 3 is 2.07 bits per heavy atom. The summed E-state index contributed by atoms with van der Waals surface area (Å²) in [6.45, 7) is 7.07. The molecule has 29 heavy (non-hydrogen) atoms. The van der Waals surface area contributed by atoms with E-state index in [0.717, 1.165) is 0 Å². The molecule has 0 radical (unpaired) electrons. The van der Waals surface area contributed by atoms with Gasteiger partial charge in [-0.25, -0.2) is 0 Å². The number of amides is 1. The lowest BCUT2D eigenvalue weighted by molar-refractivity contribution is -0.280. The molecule has 2 rings (SSSR count). The van der Waals surface area contributed by atoms with E-state index in [1.807, 2.05) is 6.92 Å². The molecular formula is C18H27NO10. The lowest BCUT2D eigenvalue weighted by Crippen LogP contribution is -2.66. The van der Waals surface area contributed by atoms with Crippen LogP contribution in [0.1, 0.15) is 34.6 Å². The fourth-order valence-corrected chi connectivity index (χ4v) is 2.90. The van der Waals surface area contributed by atoms with Crippen molar-refractivity contribution in [3.63, 3.8) is 0 Å². The molecule has 2 saturated heterocycles. The van der Waals surface area contributed by atoms with Crippen molar-refractivity contribution in [2.24, 2.45) is 0 Å². The molecule has 0 aromatic rings. The maximum absolute atomic E-state index is 11.8. The summed E-state index contributed by atoms with van der Waals surface area (Å²) in [5.74, 6) is -2.33. The topological polar surface area (TPSA) is 139 Å². The summed E-state index contributed by atoms with van der Waals surface area (Å²) in [5.41, 5.74) is -0.473. The molecule has 0 aromatic carbocycles. The number of ether oxygens (including phenoxy) is 6. The number of carbonyl (C=O) groups excluding carboxylic acids is 4. The molecule has 0 bridgehead atoms. The van der Waals surface area contributed by atoms with Gasteiger partial charge in [0.05, 0.1) is 13.2 Å². The summed E-state index contributed by atoms with van der Waals surface area (Å²) in [6, 6.07) is -0.975. The minimum absolute atomic E-state index is 0.152.